The van der Waals surface area contributed by atoms with E-state index >= 15 is 0 Å². The lowest BCUT2D eigenvalue weighted by atomic mass is 10.0. The molecule has 0 saturated carbocycles. The molecule has 1 unspecified atom stereocenters. The smallest absolute Gasteiger partial charge is 0.0907 e. The minimum Gasteiger partial charge on any atom is -0.378 e. The van der Waals surface area contributed by atoms with Crippen molar-refractivity contribution in [1.29, 1.82) is 0 Å². The van der Waals surface area contributed by atoms with E-state index in [4.69, 9.17) is 0 Å². The van der Waals surface area contributed by atoms with Gasteiger partial charge in [0.05, 0.1) is 32.8 Å². The fourth-order valence-electron chi connectivity index (χ4n) is 3.34. The van der Waals surface area contributed by atoms with Gasteiger partial charge in [0.2, 0.25) is 0 Å². The zero-order chi connectivity index (χ0) is 18.9. The molecule has 3 aromatic heterocycles. The quantitative estimate of drug-likeness (QED) is 0.445. The number of hydrogen-bond acceptors (Lipinski definition) is 6. The van der Waals surface area contributed by atoms with Crippen molar-refractivity contribution in [2.24, 2.45) is 0 Å². The monoisotopic (exact) mass is 383 g/mol. The summed E-state index contributed by atoms with van der Waals surface area (Å²) >= 11 is 1.65. The minimum absolute atomic E-state index is 0.105. The van der Waals surface area contributed by atoms with E-state index in [0.29, 0.717) is 0 Å². The van der Waals surface area contributed by atoms with Crippen LogP contribution in [-0.4, -0.2) is 19.9 Å². The van der Waals surface area contributed by atoms with Crippen LogP contribution < -0.4 is 5.32 Å². The molecule has 5 nitrogen and oxygen atoms in total. The molecule has 0 radical (unpaired) electrons. The number of anilines is 1. The van der Waals surface area contributed by atoms with Crippen LogP contribution in [0.2, 0.25) is 0 Å². The Hall–Kier alpha value is -3.38. The molecule has 0 bridgehead atoms. The first-order valence-electron chi connectivity index (χ1n) is 9.03. The molecule has 0 saturated heterocycles. The number of nitrogens with zero attached hydrogens (tertiary/aromatic N) is 4. The van der Waals surface area contributed by atoms with Crippen LogP contribution in [0, 0.1) is 0 Å². The fraction of sp³-hybridized carbons (Fsp3) is 0.0909. The third-order valence-electron chi connectivity index (χ3n) is 4.81. The Bertz CT molecular complexity index is 1270. The number of rotatable bonds is 4. The lowest BCUT2D eigenvalue weighted by Crippen LogP contribution is -2.08. The second-order valence-corrected chi connectivity index (χ2v) is 7.52. The van der Waals surface area contributed by atoms with Gasteiger partial charge in [0, 0.05) is 36.0 Å². The molecule has 1 N–H and O–H groups in total. The molecule has 5 rings (SSSR count). The van der Waals surface area contributed by atoms with Gasteiger partial charge in [-0.05, 0) is 48.4 Å². The maximum Gasteiger partial charge on any atom is 0.0907 e. The van der Waals surface area contributed by atoms with E-state index in [-0.39, 0.29) is 6.04 Å². The molecule has 6 heteroatoms. The van der Waals surface area contributed by atoms with Crippen molar-refractivity contribution in [3.63, 3.8) is 0 Å². The summed E-state index contributed by atoms with van der Waals surface area (Å²) in [4.78, 5) is 17.6. The molecule has 0 aliphatic rings. The third-order valence-corrected chi connectivity index (χ3v) is 5.60. The fourth-order valence-corrected chi connectivity index (χ4v) is 4.06. The van der Waals surface area contributed by atoms with Gasteiger partial charge in [-0.2, -0.15) is 0 Å². The Morgan fingerprint density at radius 2 is 1.75 bits per heavy atom. The lowest BCUT2D eigenvalue weighted by molar-refractivity contribution is 0.876. The Morgan fingerprint density at radius 3 is 2.57 bits per heavy atom. The van der Waals surface area contributed by atoms with Crippen LogP contribution in [0.5, 0.6) is 0 Å². The minimum atomic E-state index is 0.105. The average Bonchev–Trinajstić information content (AvgIpc) is 3.22. The Balaban J connectivity index is 1.64. The summed E-state index contributed by atoms with van der Waals surface area (Å²) in [6, 6.07) is 14.7. The van der Waals surface area contributed by atoms with Crippen molar-refractivity contribution in [3.8, 4) is 11.1 Å². The van der Waals surface area contributed by atoms with Gasteiger partial charge < -0.3 is 5.32 Å². The van der Waals surface area contributed by atoms with E-state index in [1.54, 1.807) is 29.9 Å². The van der Waals surface area contributed by atoms with Crippen LogP contribution >= 0.6 is 11.3 Å². The highest BCUT2D eigenvalue weighted by Gasteiger charge is 2.13. The third kappa shape index (κ3) is 3.08. The predicted molar refractivity (Wildman–Crippen MR) is 114 cm³/mol. The van der Waals surface area contributed by atoms with Gasteiger partial charge in [-0.15, -0.1) is 11.3 Å². The summed E-state index contributed by atoms with van der Waals surface area (Å²) < 4.78 is 1.17. The Labute approximate surface area is 166 Å². The summed E-state index contributed by atoms with van der Waals surface area (Å²) in [6.07, 6.45) is 7.13. The van der Waals surface area contributed by atoms with Crippen LogP contribution in [0.15, 0.2) is 72.8 Å². The topological polar surface area (TPSA) is 63.6 Å². The summed E-state index contributed by atoms with van der Waals surface area (Å²) in [6.45, 7) is 2.13. The molecule has 5 aromatic rings. The second kappa shape index (κ2) is 6.98. The number of nitrogens with one attached hydrogen (secondary N) is 1. The second-order valence-electron chi connectivity index (χ2n) is 6.63. The molecule has 28 heavy (non-hydrogen) atoms. The molecular formula is C22H17N5S. The zero-order valence-corrected chi connectivity index (χ0v) is 16.0. The summed E-state index contributed by atoms with van der Waals surface area (Å²) in [7, 11) is 0. The molecule has 0 aliphatic heterocycles. The summed E-state index contributed by atoms with van der Waals surface area (Å²) in [5.41, 5.74) is 9.02. The van der Waals surface area contributed by atoms with Crippen molar-refractivity contribution < 1.29 is 0 Å². The van der Waals surface area contributed by atoms with Gasteiger partial charge in [0.15, 0.2) is 0 Å². The SMILES string of the molecule is CC(Nc1cc2nccnc2cc1-c1ccc2ncsc2c1)c1cccnc1. The highest BCUT2D eigenvalue weighted by Crippen LogP contribution is 2.35. The van der Waals surface area contributed by atoms with Crippen molar-refractivity contribution >= 4 is 38.3 Å². The molecule has 0 amide bonds. The molecule has 0 aliphatic carbocycles. The van der Waals surface area contributed by atoms with E-state index in [2.05, 4.69) is 68.6 Å². The van der Waals surface area contributed by atoms with Gasteiger partial charge >= 0.3 is 0 Å². The van der Waals surface area contributed by atoms with Crippen LogP contribution in [-0.2, 0) is 0 Å². The standard InChI is InChI=1S/C22H17N5S/c1-14(16-3-2-6-23-12-16)27-19-11-21-20(24-7-8-25-21)10-17(19)15-4-5-18-22(9-15)28-13-26-18/h2-14,27H,1H3. The molecule has 136 valence electrons. The number of hydrogen-bond donors (Lipinski definition) is 1. The van der Waals surface area contributed by atoms with Gasteiger partial charge in [-0.25, -0.2) is 4.98 Å². The van der Waals surface area contributed by atoms with Crippen LogP contribution in [0.1, 0.15) is 18.5 Å². The van der Waals surface area contributed by atoms with Gasteiger partial charge in [0.25, 0.3) is 0 Å². The van der Waals surface area contributed by atoms with E-state index in [1.807, 2.05) is 17.8 Å². The molecule has 1 atom stereocenters. The lowest BCUT2D eigenvalue weighted by Gasteiger charge is -2.19. The summed E-state index contributed by atoms with van der Waals surface area (Å²) in [5.74, 6) is 0. The molecule has 3 heterocycles. The van der Waals surface area contributed by atoms with Gasteiger partial charge in [-0.1, -0.05) is 12.1 Å². The highest BCUT2D eigenvalue weighted by molar-refractivity contribution is 7.16. The number of thiazole rings is 1. The number of benzene rings is 2. The van der Waals surface area contributed by atoms with Crippen molar-refractivity contribution in [1.82, 2.24) is 19.9 Å². The number of pyridine rings is 1. The van der Waals surface area contributed by atoms with Crippen LogP contribution in [0.25, 0.3) is 32.4 Å². The predicted octanol–water partition coefficient (Wildman–Crippen LogP) is 5.47. The van der Waals surface area contributed by atoms with Gasteiger partial charge in [-0.3, -0.25) is 15.0 Å². The molecule has 2 aromatic carbocycles. The van der Waals surface area contributed by atoms with Crippen LogP contribution in [0.4, 0.5) is 5.69 Å². The first kappa shape index (κ1) is 16.8. The number of aromatic nitrogens is 4. The molecular weight excluding hydrogens is 366 g/mol. The van der Waals surface area contributed by atoms with E-state index < -0.39 is 0 Å². The first-order chi connectivity index (χ1) is 13.8. The first-order valence-corrected chi connectivity index (χ1v) is 9.91. The Kier molecular flexibility index (Phi) is 4.18. The van der Waals surface area contributed by atoms with Crippen molar-refractivity contribution in [3.05, 3.63) is 78.3 Å². The molecule has 0 spiro atoms. The van der Waals surface area contributed by atoms with Crippen molar-refractivity contribution in [2.45, 2.75) is 13.0 Å². The largest absolute Gasteiger partial charge is 0.378 e. The summed E-state index contributed by atoms with van der Waals surface area (Å²) in [5, 5.41) is 3.64. The highest BCUT2D eigenvalue weighted by atomic mass is 32.1. The van der Waals surface area contributed by atoms with E-state index in [1.165, 1.54) is 4.70 Å². The normalized spacial score (nSPS) is 12.3. The Morgan fingerprint density at radius 1 is 0.893 bits per heavy atom. The van der Waals surface area contributed by atoms with E-state index in [9.17, 15) is 0 Å². The maximum absolute atomic E-state index is 4.49. The number of fused-ring (bicyclic) bond motifs is 2. The average molecular weight is 383 g/mol. The molecule has 0 fully saturated rings. The van der Waals surface area contributed by atoms with Gasteiger partial charge in [0.1, 0.15) is 0 Å². The maximum atomic E-state index is 4.49. The van der Waals surface area contributed by atoms with Crippen molar-refractivity contribution in [2.75, 3.05) is 5.32 Å². The van der Waals surface area contributed by atoms with E-state index in [0.717, 1.165) is 38.9 Å². The van der Waals surface area contributed by atoms with Crippen LogP contribution in [0.3, 0.4) is 0 Å². The zero-order valence-electron chi connectivity index (χ0n) is 15.2.